The van der Waals surface area contributed by atoms with Crippen LogP contribution in [0.25, 0.3) is 0 Å². The zero-order chi connectivity index (χ0) is 12.0. The third-order valence-corrected chi connectivity index (χ3v) is 3.71. The molecule has 1 atom stereocenters. The SMILES string of the molecule is CC(N)Cc1cc2c(cc1Cl)OC1(CCC1)O2. The summed E-state index contributed by atoms with van der Waals surface area (Å²) in [5, 5.41) is 0.709. The summed E-state index contributed by atoms with van der Waals surface area (Å²) in [6.07, 6.45) is 3.83. The van der Waals surface area contributed by atoms with E-state index in [0.717, 1.165) is 42.7 Å². The van der Waals surface area contributed by atoms with Crippen LogP contribution in [0.15, 0.2) is 12.1 Å². The van der Waals surface area contributed by atoms with Crippen molar-refractivity contribution in [2.75, 3.05) is 0 Å². The quantitative estimate of drug-likeness (QED) is 0.882. The number of nitrogens with two attached hydrogens (primary N) is 1. The fourth-order valence-corrected chi connectivity index (χ4v) is 2.56. The van der Waals surface area contributed by atoms with Gasteiger partial charge in [-0.05, 0) is 31.4 Å². The van der Waals surface area contributed by atoms with E-state index in [1.54, 1.807) is 0 Å². The lowest BCUT2D eigenvalue weighted by molar-refractivity contribution is -0.138. The van der Waals surface area contributed by atoms with Crippen LogP contribution >= 0.6 is 11.6 Å². The number of ether oxygens (including phenoxy) is 2. The Morgan fingerprint density at radius 3 is 2.53 bits per heavy atom. The third-order valence-electron chi connectivity index (χ3n) is 3.36. The fourth-order valence-electron chi connectivity index (χ4n) is 2.33. The minimum absolute atomic E-state index is 0.0885. The zero-order valence-electron chi connectivity index (χ0n) is 9.83. The predicted octanol–water partition coefficient (Wildman–Crippen LogP) is 2.88. The smallest absolute Gasteiger partial charge is 0.251 e. The van der Waals surface area contributed by atoms with Gasteiger partial charge in [-0.15, -0.1) is 0 Å². The van der Waals surface area contributed by atoms with Crippen molar-refractivity contribution in [2.45, 2.75) is 44.4 Å². The Bertz CT molecular complexity index is 455. The first-order valence-corrected chi connectivity index (χ1v) is 6.42. The minimum atomic E-state index is -0.390. The second-order valence-corrected chi connectivity index (χ2v) is 5.45. The normalized spacial score (nSPS) is 21.4. The van der Waals surface area contributed by atoms with E-state index < -0.39 is 5.79 Å². The average molecular weight is 254 g/mol. The second kappa shape index (κ2) is 3.79. The van der Waals surface area contributed by atoms with Gasteiger partial charge in [0.15, 0.2) is 11.5 Å². The van der Waals surface area contributed by atoms with Crippen LogP contribution < -0.4 is 15.2 Å². The largest absolute Gasteiger partial charge is 0.448 e. The molecule has 1 aromatic rings. The van der Waals surface area contributed by atoms with E-state index in [-0.39, 0.29) is 6.04 Å². The van der Waals surface area contributed by atoms with E-state index in [9.17, 15) is 0 Å². The Kier molecular flexibility index (Phi) is 2.49. The first-order valence-electron chi connectivity index (χ1n) is 6.04. The van der Waals surface area contributed by atoms with Crippen molar-refractivity contribution >= 4 is 11.6 Å². The van der Waals surface area contributed by atoms with E-state index in [1.807, 2.05) is 19.1 Å². The van der Waals surface area contributed by atoms with E-state index in [1.165, 1.54) is 0 Å². The van der Waals surface area contributed by atoms with Gasteiger partial charge >= 0.3 is 0 Å². The van der Waals surface area contributed by atoms with Crippen molar-refractivity contribution in [3.8, 4) is 11.5 Å². The lowest BCUT2D eigenvalue weighted by Crippen LogP contribution is -2.45. The van der Waals surface area contributed by atoms with E-state index in [0.29, 0.717) is 5.02 Å². The molecule has 0 amide bonds. The maximum Gasteiger partial charge on any atom is 0.251 e. The highest BCUT2D eigenvalue weighted by atomic mass is 35.5. The summed E-state index contributed by atoms with van der Waals surface area (Å²) >= 11 is 6.22. The molecule has 2 N–H and O–H groups in total. The van der Waals surface area contributed by atoms with Gasteiger partial charge in [0.25, 0.3) is 5.79 Å². The summed E-state index contributed by atoms with van der Waals surface area (Å²) < 4.78 is 11.7. The standard InChI is InChI=1S/C13H16ClNO2/c1-8(15)5-9-6-11-12(7-10(9)14)17-13(16-11)3-2-4-13/h6-8H,2-5,15H2,1H3. The minimum Gasteiger partial charge on any atom is -0.448 e. The van der Waals surface area contributed by atoms with Crippen LogP contribution in [-0.4, -0.2) is 11.8 Å². The van der Waals surface area contributed by atoms with Gasteiger partial charge in [0.05, 0.1) is 0 Å². The monoisotopic (exact) mass is 253 g/mol. The van der Waals surface area contributed by atoms with Crippen molar-refractivity contribution in [3.63, 3.8) is 0 Å². The molecule has 0 aromatic heterocycles. The number of hydrogen-bond acceptors (Lipinski definition) is 3. The highest BCUT2D eigenvalue weighted by molar-refractivity contribution is 6.31. The van der Waals surface area contributed by atoms with Crippen LogP contribution in [-0.2, 0) is 6.42 Å². The van der Waals surface area contributed by atoms with Crippen molar-refractivity contribution in [3.05, 3.63) is 22.7 Å². The molecule has 0 saturated heterocycles. The fraction of sp³-hybridized carbons (Fsp3) is 0.538. The molecule has 17 heavy (non-hydrogen) atoms. The van der Waals surface area contributed by atoms with Gasteiger partial charge in [-0.1, -0.05) is 11.6 Å². The number of benzene rings is 1. The first-order chi connectivity index (χ1) is 8.08. The molecule has 1 fully saturated rings. The molecular formula is C13H16ClNO2. The molecule has 1 spiro atoms. The molecule has 1 aromatic carbocycles. The molecule has 3 rings (SSSR count). The summed E-state index contributed by atoms with van der Waals surface area (Å²) in [7, 11) is 0. The Morgan fingerprint density at radius 2 is 2.00 bits per heavy atom. The summed E-state index contributed by atoms with van der Waals surface area (Å²) in [6.45, 7) is 1.97. The van der Waals surface area contributed by atoms with Crippen LogP contribution in [0.1, 0.15) is 31.7 Å². The van der Waals surface area contributed by atoms with Gasteiger partial charge in [0, 0.05) is 30.0 Å². The molecule has 92 valence electrons. The first kappa shape index (κ1) is 11.2. The van der Waals surface area contributed by atoms with Crippen molar-refractivity contribution in [1.82, 2.24) is 0 Å². The predicted molar refractivity (Wildman–Crippen MR) is 66.6 cm³/mol. The Hall–Kier alpha value is -0.930. The molecule has 3 nitrogen and oxygen atoms in total. The molecule has 1 unspecified atom stereocenters. The molecule has 1 aliphatic heterocycles. The second-order valence-electron chi connectivity index (χ2n) is 5.04. The Labute approximate surface area is 106 Å². The van der Waals surface area contributed by atoms with Gasteiger partial charge < -0.3 is 15.2 Å². The lowest BCUT2D eigenvalue weighted by Gasteiger charge is -2.35. The molecule has 0 radical (unpaired) electrons. The van der Waals surface area contributed by atoms with E-state index in [4.69, 9.17) is 26.8 Å². The highest BCUT2D eigenvalue weighted by Gasteiger charge is 2.47. The molecule has 4 heteroatoms. The Balaban J connectivity index is 1.90. The molecule has 1 heterocycles. The van der Waals surface area contributed by atoms with Gasteiger partial charge in [-0.2, -0.15) is 0 Å². The molecule has 0 bridgehead atoms. The van der Waals surface area contributed by atoms with Crippen molar-refractivity contribution in [2.24, 2.45) is 5.73 Å². The number of hydrogen-bond donors (Lipinski definition) is 1. The topological polar surface area (TPSA) is 44.5 Å². The number of halogens is 1. The van der Waals surface area contributed by atoms with Gasteiger partial charge in [0.1, 0.15) is 0 Å². The van der Waals surface area contributed by atoms with Crippen LogP contribution in [0.5, 0.6) is 11.5 Å². The molecular weight excluding hydrogens is 238 g/mol. The van der Waals surface area contributed by atoms with Gasteiger partial charge in [-0.25, -0.2) is 0 Å². The Morgan fingerprint density at radius 1 is 1.35 bits per heavy atom. The zero-order valence-corrected chi connectivity index (χ0v) is 10.6. The maximum absolute atomic E-state index is 6.22. The maximum atomic E-state index is 6.22. The lowest BCUT2D eigenvalue weighted by atomic mass is 9.91. The van der Waals surface area contributed by atoms with Crippen LogP contribution in [0.4, 0.5) is 0 Å². The molecule has 1 aliphatic carbocycles. The van der Waals surface area contributed by atoms with E-state index >= 15 is 0 Å². The van der Waals surface area contributed by atoms with Crippen LogP contribution in [0.3, 0.4) is 0 Å². The average Bonchev–Trinajstić information content (AvgIpc) is 2.56. The summed E-state index contributed by atoms with van der Waals surface area (Å²) in [4.78, 5) is 0. The van der Waals surface area contributed by atoms with Gasteiger partial charge in [-0.3, -0.25) is 0 Å². The number of fused-ring (bicyclic) bond motifs is 1. The number of rotatable bonds is 2. The summed E-state index contributed by atoms with van der Waals surface area (Å²) in [5.41, 5.74) is 6.83. The third kappa shape index (κ3) is 1.87. The van der Waals surface area contributed by atoms with Crippen molar-refractivity contribution < 1.29 is 9.47 Å². The van der Waals surface area contributed by atoms with E-state index in [2.05, 4.69) is 0 Å². The van der Waals surface area contributed by atoms with Gasteiger partial charge in [0.2, 0.25) is 0 Å². The summed E-state index contributed by atoms with van der Waals surface area (Å²) in [6, 6.07) is 3.90. The van der Waals surface area contributed by atoms with Crippen LogP contribution in [0, 0.1) is 0 Å². The van der Waals surface area contributed by atoms with Crippen molar-refractivity contribution in [1.29, 1.82) is 0 Å². The molecule has 1 saturated carbocycles. The summed E-state index contributed by atoms with van der Waals surface area (Å²) in [5.74, 6) is 1.19. The van der Waals surface area contributed by atoms with Crippen LogP contribution in [0.2, 0.25) is 5.02 Å². The highest BCUT2D eigenvalue weighted by Crippen LogP contribution is 2.49. The molecule has 2 aliphatic rings.